The zero-order valence-electron chi connectivity index (χ0n) is 10.9. The fourth-order valence-corrected chi connectivity index (χ4v) is 3.33. The van der Waals surface area contributed by atoms with Gasteiger partial charge >= 0.3 is 0 Å². The maximum absolute atomic E-state index is 3.32. The van der Waals surface area contributed by atoms with E-state index < -0.39 is 0 Å². The molecule has 0 fully saturated rings. The van der Waals surface area contributed by atoms with Gasteiger partial charge in [0.1, 0.15) is 0 Å². The number of benzene rings is 1. The number of fused-ring (bicyclic) bond motifs is 1. The van der Waals surface area contributed by atoms with Crippen LogP contribution in [0, 0.1) is 5.41 Å². The quantitative estimate of drug-likeness (QED) is 0.839. The van der Waals surface area contributed by atoms with E-state index in [4.69, 9.17) is 0 Å². The molecule has 0 spiro atoms. The van der Waals surface area contributed by atoms with Crippen LogP contribution in [0.2, 0.25) is 0 Å². The lowest BCUT2D eigenvalue weighted by molar-refractivity contribution is 0.300. The van der Waals surface area contributed by atoms with Crippen LogP contribution in [0.3, 0.4) is 0 Å². The van der Waals surface area contributed by atoms with Crippen molar-refractivity contribution < 1.29 is 0 Å². The summed E-state index contributed by atoms with van der Waals surface area (Å²) in [5.74, 6) is 0. The van der Waals surface area contributed by atoms with Crippen molar-refractivity contribution in [2.75, 3.05) is 13.6 Å². The van der Waals surface area contributed by atoms with E-state index in [0.29, 0.717) is 5.41 Å². The van der Waals surface area contributed by atoms with E-state index in [1.165, 1.54) is 22.1 Å². The highest BCUT2D eigenvalue weighted by atomic mass is 32.1. The van der Waals surface area contributed by atoms with Crippen LogP contribution in [0.1, 0.15) is 25.8 Å². The summed E-state index contributed by atoms with van der Waals surface area (Å²) in [5, 5.41) is 7.09. The zero-order chi connectivity index (χ0) is 12.3. The number of hydrogen-bond acceptors (Lipinski definition) is 2. The molecule has 2 rings (SSSR count). The molecular weight excluding hydrogens is 226 g/mol. The topological polar surface area (TPSA) is 12.0 Å². The molecule has 0 radical (unpaired) electrons. The molecule has 0 bridgehead atoms. The third-order valence-electron chi connectivity index (χ3n) is 3.64. The first kappa shape index (κ1) is 12.6. The fourth-order valence-electron chi connectivity index (χ4n) is 2.37. The van der Waals surface area contributed by atoms with Gasteiger partial charge in [0.2, 0.25) is 0 Å². The zero-order valence-corrected chi connectivity index (χ0v) is 11.7. The van der Waals surface area contributed by atoms with Crippen LogP contribution in [-0.2, 0) is 6.42 Å². The maximum Gasteiger partial charge on any atom is 0.0345 e. The van der Waals surface area contributed by atoms with Crippen LogP contribution >= 0.6 is 11.3 Å². The van der Waals surface area contributed by atoms with Gasteiger partial charge in [-0.05, 0) is 47.7 Å². The number of rotatable bonds is 5. The average molecular weight is 247 g/mol. The standard InChI is InChI=1S/C15H21NS/c1-4-15(2,11-16-3)9-12-10-17-14-8-6-5-7-13(12)14/h5-8,10,16H,4,9,11H2,1-3H3. The highest BCUT2D eigenvalue weighted by Gasteiger charge is 2.22. The summed E-state index contributed by atoms with van der Waals surface area (Å²) in [5.41, 5.74) is 1.86. The minimum atomic E-state index is 0.360. The molecule has 1 atom stereocenters. The van der Waals surface area contributed by atoms with Crippen LogP contribution < -0.4 is 5.32 Å². The van der Waals surface area contributed by atoms with Crippen molar-refractivity contribution in [2.45, 2.75) is 26.7 Å². The van der Waals surface area contributed by atoms with E-state index in [0.717, 1.165) is 13.0 Å². The third kappa shape index (κ3) is 2.70. The van der Waals surface area contributed by atoms with Gasteiger partial charge in [-0.25, -0.2) is 0 Å². The van der Waals surface area contributed by atoms with E-state index in [-0.39, 0.29) is 0 Å². The molecule has 1 N–H and O–H groups in total. The van der Waals surface area contributed by atoms with Crippen LogP contribution in [0.25, 0.3) is 10.1 Å². The third-order valence-corrected chi connectivity index (χ3v) is 4.65. The van der Waals surface area contributed by atoms with E-state index in [2.05, 4.69) is 48.8 Å². The molecule has 2 heteroatoms. The summed E-state index contributed by atoms with van der Waals surface area (Å²) in [6.45, 7) is 5.73. The molecule has 0 aliphatic rings. The van der Waals surface area contributed by atoms with Gasteiger partial charge in [-0.15, -0.1) is 11.3 Å². The molecule has 0 saturated heterocycles. The number of thiophene rings is 1. The molecule has 1 nitrogen and oxygen atoms in total. The van der Waals surface area contributed by atoms with Crippen molar-refractivity contribution in [3.8, 4) is 0 Å². The molecule has 0 aliphatic carbocycles. The Kier molecular flexibility index (Phi) is 3.85. The van der Waals surface area contributed by atoms with E-state index in [1.807, 2.05) is 18.4 Å². The molecule has 92 valence electrons. The van der Waals surface area contributed by atoms with Crippen LogP contribution in [-0.4, -0.2) is 13.6 Å². The SMILES string of the molecule is CCC(C)(CNC)Cc1csc2ccccc12. The molecule has 1 aromatic heterocycles. The van der Waals surface area contributed by atoms with Crippen LogP contribution in [0.5, 0.6) is 0 Å². The highest BCUT2D eigenvalue weighted by Crippen LogP contribution is 2.32. The normalized spacial score (nSPS) is 15.0. The molecule has 1 heterocycles. The van der Waals surface area contributed by atoms with Crippen molar-refractivity contribution in [3.63, 3.8) is 0 Å². The molecule has 0 aliphatic heterocycles. The summed E-state index contributed by atoms with van der Waals surface area (Å²) in [4.78, 5) is 0. The predicted molar refractivity (Wildman–Crippen MR) is 77.9 cm³/mol. The van der Waals surface area contributed by atoms with Gasteiger partial charge in [-0.3, -0.25) is 0 Å². The van der Waals surface area contributed by atoms with E-state index >= 15 is 0 Å². The second-order valence-electron chi connectivity index (χ2n) is 5.13. The van der Waals surface area contributed by atoms with Crippen molar-refractivity contribution in [3.05, 3.63) is 35.2 Å². The van der Waals surface area contributed by atoms with Crippen LogP contribution in [0.15, 0.2) is 29.6 Å². The van der Waals surface area contributed by atoms with Crippen molar-refractivity contribution >= 4 is 21.4 Å². The Morgan fingerprint density at radius 3 is 2.76 bits per heavy atom. The lowest BCUT2D eigenvalue weighted by Crippen LogP contribution is -2.31. The molecular formula is C15H21NS. The number of hydrogen-bond donors (Lipinski definition) is 1. The largest absolute Gasteiger partial charge is 0.319 e. The van der Waals surface area contributed by atoms with Crippen molar-refractivity contribution in [2.24, 2.45) is 5.41 Å². The predicted octanol–water partition coefficient (Wildman–Crippen LogP) is 4.08. The Hall–Kier alpha value is -0.860. The van der Waals surface area contributed by atoms with Crippen LogP contribution in [0.4, 0.5) is 0 Å². The molecule has 0 saturated carbocycles. The molecule has 1 unspecified atom stereocenters. The van der Waals surface area contributed by atoms with Gasteiger partial charge in [-0.2, -0.15) is 0 Å². The van der Waals surface area contributed by atoms with Gasteiger partial charge in [0.05, 0.1) is 0 Å². The summed E-state index contributed by atoms with van der Waals surface area (Å²) >= 11 is 1.86. The molecule has 17 heavy (non-hydrogen) atoms. The molecule has 0 amide bonds. The molecule has 2 aromatic rings. The Labute approximate surface area is 108 Å². The minimum Gasteiger partial charge on any atom is -0.319 e. The summed E-state index contributed by atoms with van der Waals surface area (Å²) in [7, 11) is 2.04. The molecule has 1 aromatic carbocycles. The number of nitrogens with one attached hydrogen (secondary N) is 1. The second-order valence-corrected chi connectivity index (χ2v) is 6.04. The smallest absolute Gasteiger partial charge is 0.0345 e. The Morgan fingerprint density at radius 1 is 1.29 bits per heavy atom. The first-order valence-corrected chi connectivity index (χ1v) is 7.16. The lowest BCUT2D eigenvalue weighted by Gasteiger charge is -2.27. The fraction of sp³-hybridized carbons (Fsp3) is 0.467. The summed E-state index contributed by atoms with van der Waals surface area (Å²) in [6, 6.07) is 8.72. The minimum absolute atomic E-state index is 0.360. The Morgan fingerprint density at radius 2 is 2.06 bits per heavy atom. The van der Waals surface area contributed by atoms with Gasteiger partial charge in [0.15, 0.2) is 0 Å². The van der Waals surface area contributed by atoms with E-state index in [1.54, 1.807) is 0 Å². The lowest BCUT2D eigenvalue weighted by atomic mass is 9.81. The van der Waals surface area contributed by atoms with Gasteiger partial charge < -0.3 is 5.32 Å². The summed E-state index contributed by atoms with van der Waals surface area (Å²) < 4.78 is 1.41. The van der Waals surface area contributed by atoms with Gasteiger partial charge in [0.25, 0.3) is 0 Å². The van der Waals surface area contributed by atoms with Gasteiger partial charge in [0, 0.05) is 11.2 Å². The van der Waals surface area contributed by atoms with E-state index in [9.17, 15) is 0 Å². The second kappa shape index (κ2) is 5.19. The first-order chi connectivity index (χ1) is 8.18. The first-order valence-electron chi connectivity index (χ1n) is 6.28. The van der Waals surface area contributed by atoms with Gasteiger partial charge in [-0.1, -0.05) is 32.0 Å². The monoisotopic (exact) mass is 247 g/mol. The Bertz CT molecular complexity index is 488. The maximum atomic E-state index is 3.32. The Balaban J connectivity index is 2.28. The average Bonchev–Trinajstić information content (AvgIpc) is 2.73. The summed E-state index contributed by atoms with van der Waals surface area (Å²) in [6.07, 6.45) is 2.37. The van der Waals surface area contributed by atoms with Crippen molar-refractivity contribution in [1.29, 1.82) is 0 Å². The highest BCUT2D eigenvalue weighted by molar-refractivity contribution is 7.17. The van der Waals surface area contributed by atoms with Crippen molar-refractivity contribution in [1.82, 2.24) is 5.32 Å².